The van der Waals surface area contributed by atoms with Crippen molar-refractivity contribution in [3.05, 3.63) is 64.8 Å². The number of ether oxygens (including phenoxy) is 2. The Labute approximate surface area is 166 Å². The molecule has 5 nitrogen and oxygen atoms in total. The van der Waals surface area contributed by atoms with Crippen LogP contribution < -0.4 is 20.1 Å². The highest BCUT2D eigenvalue weighted by Crippen LogP contribution is 2.30. The number of nitrogens with zero attached hydrogens (tertiary/aromatic N) is 2. The van der Waals surface area contributed by atoms with Crippen molar-refractivity contribution in [2.45, 2.75) is 6.42 Å². The molecule has 3 rings (SSSR count). The van der Waals surface area contributed by atoms with Crippen LogP contribution >= 0.6 is 11.6 Å². The lowest BCUT2D eigenvalue weighted by Gasteiger charge is -2.23. The van der Waals surface area contributed by atoms with Crippen molar-refractivity contribution in [2.75, 3.05) is 50.9 Å². The smallest absolute Gasteiger partial charge is 0.120 e. The van der Waals surface area contributed by atoms with Gasteiger partial charge in [-0.15, -0.1) is 0 Å². The van der Waals surface area contributed by atoms with E-state index in [1.54, 1.807) is 14.2 Å². The van der Waals surface area contributed by atoms with Gasteiger partial charge in [0, 0.05) is 44.6 Å². The minimum atomic E-state index is 0.672. The zero-order valence-corrected chi connectivity index (χ0v) is 16.8. The minimum Gasteiger partial charge on any atom is -0.497 e. The van der Waals surface area contributed by atoms with Gasteiger partial charge in [0.1, 0.15) is 5.75 Å². The number of hydrogen-bond donors (Lipinski definition) is 1. The van der Waals surface area contributed by atoms with Crippen LogP contribution in [0.15, 0.2) is 59.8 Å². The molecule has 6 heteroatoms. The van der Waals surface area contributed by atoms with E-state index >= 15 is 0 Å². The Hall–Kier alpha value is -2.37. The quantitative estimate of drug-likeness (QED) is 0.738. The average molecular weight is 388 g/mol. The first-order chi connectivity index (χ1) is 13.1. The van der Waals surface area contributed by atoms with Gasteiger partial charge < -0.3 is 19.8 Å². The van der Waals surface area contributed by atoms with Crippen LogP contribution in [0.5, 0.6) is 5.75 Å². The number of anilines is 2. The number of benzene rings is 2. The van der Waals surface area contributed by atoms with Crippen LogP contribution in [0.1, 0.15) is 6.42 Å². The van der Waals surface area contributed by atoms with Gasteiger partial charge >= 0.3 is 0 Å². The van der Waals surface area contributed by atoms with E-state index in [2.05, 4.69) is 28.4 Å². The highest BCUT2D eigenvalue weighted by Gasteiger charge is 2.24. The lowest BCUT2D eigenvalue weighted by molar-refractivity contribution is 0.200. The molecular weight excluding hydrogens is 362 g/mol. The predicted molar refractivity (Wildman–Crippen MR) is 112 cm³/mol. The fourth-order valence-electron chi connectivity index (χ4n) is 3.19. The van der Waals surface area contributed by atoms with Crippen LogP contribution in [0.2, 0.25) is 5.02 Å². The van der Waals surface area contributed by atoms with Crippen molar-refractivity contribution >= 4 is 23.0 Å². The van der Waals surface area contributed by atoms with Gasteiger partial charge in [-0.3, -0.25) is 5.01 Å². The summed E-state index contributed by atoms with van der Waals surface area (Å²) in [6, 6.07) is 16.0. The molecule has 0 aromatic heterocycles. The molecule has 1 aliphatic heterocycles. The van der Waals surface area contributed by atoms with Gasteiger partial charge in [0.25, 0.3) is 0 Å². The molecule has 144 valence electrons. The van der Waals surface area contributed by atoms with Crippen LogP contribution in [0, 0.1) is 0 Å². The highest BCUT2D eigenvalue weighted by atomic mass is 35.5. The fourth-order valence-corrected chi connectivity index (χ4v) is 3.43. The maximum absolute atomic E-state index is 6.39. The molecule has 0 fully saturated rings. The summed E-state index contributed by atoms with van der Waals surface area (Å²) in [6.45, 7) is 2.25. The van der Waals surface area contributed by atoms with Crippen LogP contribution in [0.4, 0.5) is 11.4 Å². The zero-order chi connectivity index (χ0) is 19.2. The Morgan fingerprint density at radius 2 is 1.96 bits per heavy atom. The van der Waals surface area contributed by atoms with E-state index < -0.39 is 0 Å². The molecule has 1 heterocycles. The van der Waals surface area contributed by atoms with Crippen molar-refractivity contribution < 1.29 is 9.47 Å². The lowest BCUT2D eigenvalue weighted by atomic mass is 10.1. The van der Waals surface area contributed by atoms with Crippen molar-refractivity contribution in [1.29, 1.82) is 0 Å². The Morgan fingerprint density at radius 3 is 2.70 bits per heavy atom. The third-order valence-electron chi connectivity index (χ3n) is 4.67. The number of methoxy groups -OCH3 is 2. The molecule has 1 aliphatic rings. The summed E-state index contributed by atoms with van der Waals surface area (Å²) in [7, 11) is 5.50. The number of hydrazine groups is 1. The zero-order valence-electron chi connectivity index (χ0n) is 16.0. The summed E-state index contributed by atoms with van der Waals surface area (Å²) in [6.07, 6.45) is 0.832. The number of likely N-dealkylation sites (N-methyl/N-ethyl adjacent to an activating group) is 1. The standard InChI is InChI=1S/C21H26ClN3O2/c1-24(17-7-6-8-18(13-17)27-3)14-16-15-25(23-20(16)11-12-26-2)21-10-5-4-9-19(21)22/h4-10,13,23H,11-12,14-15H2,1-3H3. The number of hydrogen-bond acceptors (Lipinski definition) is 5. The molecule has 0 saturated heterocycles. The third kappa shape index (κ3) is 4.67. The summed E-state index contributed by atoms with van der Waals surface area (Å²) in [5, 5.41) is 2.83. The Bertz CT molecular complexity index is 810. The lowest BCUT2D eigenvalue weighted by Crippen LogP contribution is -2.32. The maximum atomic E-state index is 6.39. The van der Waals surface area contributed by atoms with Gasteiger partial charge in [-0.25, -0.2) is 0 Å². The SMILES string of the molecule is COCCC1=C(CN(C)c2cccc(OC)c2)CN(c2ccccc2Cl)N1. The Balaban J connectivity index is 1.78. The third-order valence-corrected chi connectivity index (χ3v) is 4.99. The normalized spacial score (nSPS) is 13.7. The number of rotatable bonds is 8. The van der Waals surface area contributed by atoms with Crippen LogP contribution in [-0.2, 0) is 4.74 Å². The number of halogens is 1. The first-order valence-corrected chi connectivity index (χ1v) is 9.34. The van der Waals surface area contributed by atoms with E-state index in [4.69, 9.17) is 21.1 Å². The summed E-state index contributed by atoms with van der Waals surface area (Å²) in [5.41, 5.74) is 8.11. The Morgan fingerprint density at radius 1 is 1.15 bits per heavy atom. The van der Waals surface area contributed by atoms with Crippen LogP contribution in [-0.4, -0.2) is 41.0 Å². The second-order valence-electron chi connectivity index (χ2n) is 6.53. The van der Waals surface area contributed by atoms with Crippen LogP contribution in [0.3, 0.4) is 0 Å². The molecule has 27 heavy (non-hydrogen) atoms. The number of para-hydroxylation sites is 1. The van der Waals surface area contributed by atoms with Gasteiger partial charge in [-0.2, -0.15) is 0 Å². The molecule has 0 amide bonds. The molecule has 0 spiro atoms. The fraction of sp³-hybridized carbons (Fsp3) is 0.333. The summed E-state index contributed by atoms with van der Waals surface area (Å²) < 4.78 is 10.6. The number of nitrogens with one attached hydrogen (secondary N) is 1. The molecule has 2 aromatic rings. The second kappa shape index (κ2) is 9.02. The predicted octanol–water partition coefficient (Wildman–Crippen LogP) is 4.10. The summed E-state index contributed by atoms with van der Waals surface area (Å²) in [5.74, 6) is 0.857. The molecule has 0 saturated carbocycles. The first kappa shape index (κ1) is 19.4. The molecule has 1 N–H and O–H groups in total. The van der Waals surface area contributed by atoms with E-state index in [0.29, 0.717) is 6.61 Å². The van der Waals surface area contributed by atoms with Crippen molar-refractivity contribution in [2.24, 2.45) is 0 Å². The summed E-state index contributed by atoms with van der Waals surface area (Å²) >= 11 is 6.39. The van der Waals surface area contributed by atoms with Gasteiger partial charge in [-0.05, 0) is 29.8 Å². The van der Waals surface area contributed by atoms with Gasteiger partial charge in [0.05, 0.1) is 31.0 Å². The molecule has 0 aliphatic carbocycles. The first-order valence-electron chi connectivity index (χ1n) is 8.96. The van der Waals surface area contributed by atoms with E-state index in [1.165, 1.54) is 11.3 Å². The van der Waals surface area contributed by atoms with E-state index in [0.717, 1.165) is 41.7 Å². The van der Waals surface area contributed by atoms with Gasteiger partial charge in [-0.1, -0.05) is 29.8 Å². The summed E-state index contributed by atoms with van der Waals surface area (Å²) in [4.78, 5) is 2.22. The second-order valence-corrected chi connectivity index (χ2v) is 6.94. The molecule has 2 aromatic carbocycles. The highest BCUT2D eigenvalue weighted by molar-refractivity contribution is 6.33. The van der Waals surface area contributed by atoms with Gasteiger partial charge in [0.15, 0.2) is 0 Å². The van der Waals surface area contributed by atoms with Crippen molar-refractivity contribution in [3.8, 4) is 5.75 Å². The monoisotopic (exact) mass is 387 g/mol. The largest absolute Gasteiger partial charge is 0.497 e. The topological polar surface area (TPSA) is 37.0 Å². The molecular formula is C21H26ClN3O2. The molecule has 0 radical (unpaired) electrons. The van der Waals surface area contributed by atoms with Gasteiger partial charge in [0.2, 0.25) is 0 Å². The van der Waals surface area contributed by atoms with E-state index in [-0.39, 0.29) is 0 Å². The molecule has 0 unspecified atom stereocenters. The van der Waals surface area contributed by atoms with Crippen LogP contribution in [0.25, 0.3) is 0 Å². The minimum absolute atomic E-state index is 0.672. The molecule has 0 bridgehead atoms. The van der Waals surface area contributed by atoms with E-state index in [1.807, 2.05) is 42.5 Å². The van der Waals surface area contributed by atoms with Crippen molar-refractivity contribution in [1.82, 2.24) is 5.43 Å². The molecule has 0 atom stereocenters. The average Bonchev–Trinajstić information content (AvgIpc) is 3.09. The maximum Gasteiger partial charge on any atom is 0.120 e. The Kier molecular flexibility index (Phi) is 6.48. The van der Waals surface area contributed by atoms with Crippen molar-refractivity contribution in [3.63, 3.8) is 0 Å². The van der Waals surface area contributed by atoms with E-state index in [9.17, 15) is 0 Å².